The molecule has 0 bridgehead atoms. The van der Waals surface area contributed by atoms with Crippen molar-refractivity contribution < 1.29 is 4.74 Å². The van der Waals surface area contributed by atoms with Gasteiger partial charge in [-0.3, -0.25) is 4.90 Å². The number of piperazine rings is 1. The highest BCUT2D eigenvalue weighted by atomic mass is 16.5. The lowest BCUT2D eigenvalue weighted by atomic mass is 9.81. The summed E-state index contributed by atoms with van der Waals surface area (Å²) in [7, 11) is 1.79. The van der Waals surface area contributed by atoms with E-state index in [0.29, 0.717) is 11.5 Å². The summed E-state index contributed by atoms with van der Waals surface area (Å²) < 4.78 is 5.25. The van der Waals surface area contributed by atoms with E-state index in [2.05, 4.69) is 44.8 Å². The van der Waals surface area contributed by atoms with Gasteiger partial charge in [0.25, 0.3) is 0 Å². The van der Waals surface area contributed by atoms with Crippen molar-refractivity contribution in [3.05, 3.63) is 0 Å². The van der Waals surface area contributed by atoms with Crippen LogP contribution in [0.2, 0.25) is 0 Å². The molecule has 0 saturated carbocycles. The Kier molecular flexibility index (Phi) is 4.99. The van der Waals surface area contributed by atoms with Crippen molar-refractivity contribution in [1.82, 2.24) is 10.2 Å². The van der Waals surface area contributed by atoms with Crippen molar-refractivity contribution >= 4 is 0 Å². The van der Waals surface area contributed by atoms with Crippen LogP contribution in [0.15, 0.2) is 0 Å². The molecule has 0 aromatic rings. The fraction of sp³-hybridized carbons (Fsp3) is 1.00. The van der Waals surface area contributed by atoms with Crippen LogP contribution < -0.4 is 5.32 Å². The average Bonchev–Trinajstić information content (AvgIpc) is 2.25. The van der Waals surface area contributed by atoms with E-state index in [0.717, 1.165) is 26.2 Å². The first kappa shape index (κ1) is 14.9. The molecule has 1 aliphatic heterocycles. The Bertz CT molecular complexity index is 237. The summed E-state index contributed by atoms with van der Waals surface area (Å²) in [6.45, 7) is 15.6. The first-order chi connectivity index (χ1) is 7.82. The Labute approximate surface area is 107 Å². The first-order valence-electron chi connectivity index (χ1n) is 6.80. The third kappa shape index (κ3) is 3.94. The molecule has 0 aromatic heterocycles. The molecule has 3 nitrogen and oxygen atoms in total. The van der Waals surface area contributed by atoms with Crippen LogP contribution in [0, 0.1) is 5.41 Å². The predicted octanol–water partition coefficient (Wildman–Crippen LogP) is 2.12. The SMILES string of the molecule is CCC1(C)CN(CCOC)C(C(C)(C)C)CN1. The standard InChI is InChI=1S/C14H30N2O/c1-7-14(5)11-16(8-9-17-6)12(10-15-14)13(2,3)4/h12,15H,7-11H2,1-6H3. The van der Waals surface area contributed by atoms with Gasteiger partial charge in [0.2, 0.25) is 0 Å². The normalized spacial score (nSPS) is 31.8. The summed E-state index contributed by atoms with van der Waals surface area (Å²) in [4.78, 5) is 2.60. The van der Waals surface area contributed by atoms with Crippen LogP contribution in [0.25, 0.3) is 0 Å². The number of methoxy groups -OCH3 is 1. The average molecular weight is 242 g/mol. The number of ether oxygens (including phenoxy) is 1. The van der Waals surface area contributed by atoms with Gasteiger partial charge < -0.3 is 10.1 Å². The van der Waals surface area contributed by atoms with Gasteiger partial charge >= 0.3 is 0 Å². The lowest BCUT2D eigenvalue weighted by Crippen LogP contribution is -2.65. The van der Waals surface area contributed by atoms with E-state index in [-0.39, 0.29) is 5.54 Å². The van der Waals surface area contributed by atoms with E-state index in [1.807, 2.05) is 0 Å². The number of nitrogens with one attached hydrogen (secondary N) is 1. The van der Waals surface area contributed by atoms with Gasteiger partial charge in [0.15, 0.2) is 0 Å². The largest absolute Gasteiger partial charge is 0.383 e. The fourth-order valence-corrected chi connectivity index (χ4v) is 2.62. The number of rotatable bonds is 4. The number of hydrogen-bond acceptors (Lipinski definition) is 3. The highest BCUT2D eigenvalue weighted by Crippen LogP contribution is 2.29. The predicted molar refractivity (Wildman–Crippen MR) is 73.4 cm³/mol. The van der Waals surface area contributed by atoms with Crippen molar-refractivity contribution in [3.63, 3.8) is 0 Å². The van der Waals surface area contributed by atoms with Gasteiger partial charge in [0, 0.05) is 38.3 Å². The van der Waals surface area contributed by atoms with Gasteiger partial charge in [-0.05, 0) is 18.8 Å². The maximum atomic E-state index is 5.25. The Morgan fingerprint density at radius 2 is 2.06 bits per heavy atom. The van der Waals surface area contributed by atoms with E-state index in [4.69, 9.17) is 4.74 Å². The molecule has 1 rings (SSSR count). The molecule has 0 aliphatic carbocycles. The van der Waals surface area contributed by atoms with Crippen LogP contribution in [0.5, 0.6) is 0 Å². The second-order valence-corrected chi connectivity index (χ2v) is 6.64. The zero-order chi connectivity index (χ0) is 13.1. The van der Waals surface area contributed by atoms with Gasteiger partial charge in [-0.1, -0.05) is 27.7 Å². The summed E-state index contributed by atoms with van der Waals surface area (Å²) in [6, 6.07) is 0.595. The van der Waals surface area contributed by atoms with Gasteiger partial charge in [0.1, 0.15) is 0 Å². The summed E-state index contributed by atoms with van der Waals surface area (Å²) in [5, 5.41) is 3.73. The minimum atomic E-state index is 0.259. The topological polar surface area (TPSA) is 24.5 Å². The van der Waals surface area contributed by atoms with E-state index in [9.17, 15) is 0 Å². The molecule has 0 aromatic carbocycles. The first-order valence-corrected chi connectivity index (χ1v) is 6.80. The lowest BCUT2D eigenvalue weighted by molar-refractivity contribution is 0.0104. The molecule has 1 fully saturated rings. The maximum absolute atomic E-state index is 5.25. The van der Waals surface area contributed by atoms with E-state index in [1.165, 1.54) is 6.42 Å². The second-order valence-electron chi connectivity index (χ2n) is 6.64. The molecule has 0 amide bonds. The van der Waals surface area contributed by atoms with Gasteiger partial charge in [-0.15, -0.1) is 0 Å². The monoisotopic (exact) mass is 242 g/mol. The van der Waals surface area contributed by atoms with E-state index >= 15 is 0 Å². The second kappa shape index (κ2) is 5.68. The molecule has 0 radical (unpaired) electrons. The third-order valence-electron chi connectivity index (χ3n) is 4.08. The Balaban J connectivity index is 2.72. The molecule has 17 heavy (non-hydrogen) atoms. The third-order valence-corrected chi connectivity index (χ3v) is 4.08. The Morgan fingerprint density at radius 3 is 2.53 bits per heavy atom. The van der Waals surface area contributed by atoms with Crippen LogP contribution in [-0.4, -0.2) is 49.8 Å². The molecule has 1 saturated heterocycles. The molecule has 1 aliphatic rings. The van der Waals surface area contributed by atoms with Crippen LogP contribution in [0.3, 0.4) is 0 Å². The Morgan fingerprint density at radius 1 is 1.41 bits per heavy atom. The van der Waals surface area contributed by atoms with Crippen LogP contribution in [0.1, 0.15) is 41.0 Å². The van der Waals surface area contributed by atoms with E-state index in [1.54, 1.807) is 7.11 Å². The molecular weight excluding hydrogens is 212 g/mol. The minimum Gasteiger partial charge on any atom is -0.383 e. The van der Waals surface area contributed by atoms with Crippen molar-refractivity contribution in [2.45, 2.75) is 52.6 Å². The quantitative estimate of drug-likeness (QED) is 0.817. The molecule has 0 spiro atoms. The maximum Gasteiger partial charge on any atom is 0.0589 e. The number of hydrogen-bond donors (Lipinski definition) is 1. The lowest BCUT2D eigenvalue weighted by Gasteiger charge is -2.50. The summed E-state index contributed by atoms with van der Waals surface area (Å²) in [5.41, 5.74) is 0.575. The van der Waals surface area contributed by atoms with Crippen LogP contribution >= 0.6 is 0 Å². The highest BCUT2D eigenvalue weighted by molar-refractivity contribution is 4.98. The van der Waals surface area contributed by atoms with Gasteiger partial charge in [-0.2, -0.15) is 0 Å². The molecule has 2 atom stereocenters. The van der Waals surface area contributed by atoms with Gasteiger partial charge in [0.05, 0.1) is 6.61 Å². The smallest absolute Gasteiger partial charge is 0.0589 e. The summed E-state index contributed by atoms with van der Waals surface area (Å²) >= 11 is 0. The highest BCUT2D eigenvalue weighted by Gasteiger charge is 2.39. The van der Waals surface area contributed by atoms with Gasteiger partial charge in [-0.25, -0.2) is 0 Å². The molecule has 2 unspecified atom stereocenters. The van der Waals surface area contributed by atoms with Crippen LogP contribution in [0.4, 0.5) is 0 Å². The Hall–Kier alpha value is -0.120. The zero-order valence-electron chi connectivity index (χ0n) is 12.5. The van der Waals surface area contributed by atoms with Crippen LogP contribution in [-0.2, 0) is 4.74 Å². The van der Waals surface area contributed by atoms with Crippen molar-refractivity contribution in [1.29, 1.82) is 0 Å². The molecule has 1 heterocycles. The summed E-state index contributed by atoms with van der Waals surface area (Å²) in [5.74, 6) is 0. The molecule has 102 valence electrons. The molecular formula is C14H30N2O. The number of nitrogens with zero attached hydrogens (tertiary/aromatic N) is 1. The molecule has 1 N–H and O–H groups in total. The van der Waals surface area contributed by atoms with E-state index < -0.39 is 0 Å². The zero-order valence-corrected chi connectivity index (χ0v) is 12.5. The van der Waals surface area contributed by atoms with Crippen molar-refractivity contribution in [2.24, 2.45) is 5.41 Å². The van der Waals surface area contributed by atoms with Crippen molar-refractivity contribution in [3.8, 4) is 0 Å². The fourth-order valence-electron chi connectivity index (χ4n) is 2.62. The minimum absolute atomic E-state index is 0.259. The summed E-state index contributed by atoms with van der Waals surface area (Å²) in [6.07, 6.45) is 1.17. The van der Waals surface area contributed by atoms with Crippen molar-refractivity contribution in [2.75, 3.05) is 33.4 Å². The molecule has 3 heteroatoms.